The molecule has 0 unspecified atom stereocenters. The van der Waals surface area contributed by atoms with Crippen LogP contribution in [0.15, 0.2) is 30.3 Å². The molecule has 0 fully saturated rings. The maximum Gasteiger partial charge on any atom is 0.347 e. The highest BCUT2D eigenvalue weighted by molar-refractivity contribution is 5.76. The molecule has 6 nitrogen and oxygen atoms in total. The molecule has 0 bridgehead atoms. The third-order valence-corrected chi connectivity index (χ3v) is 4.68. The predicted molar refractivity (Wildman–Crippen MR) is 110 cm³/mol. The lowest BCUT2D eigenvalue weighted by Gasteiger charge is -2.21. The van der Waals surface area contributed by atoms with Gasteiger partial charge in [0.05, 0.1) is 6.61 Å². The summed E-state index contributed by atoms with van der Waals surface area (Å²) in [5.74, 6) is 0.491. The Kier molecular flexibility index (Phi) is 6.90. The maximum atomic E-state index is 11.3. The van der Waals surface area contributed by atoms with Crippen LogP contribution < -0.4 is 14.2 Å². The summed E-state index contributed by atoms with van der Waals surface area (Å²) < 4.78 is 16.8. The Morgan fingerprint density at radius 1 is 1.03 bits per heavy atom. The Morgan fingerprint density at radius 3 is 2.21 bits per heavy atom. The first-order chi connectivity index (χ1) is 13.5. The molecule has 0 aromatic heterocycles. The molecule has 0 heterocycles. The van der Waals surface area contributed by atoms with E-state index in [1.165, 1.54) is 20.8 Å². The molecular formula is C23H28O6. The van der Waals surface area contributed by atoms with E-state index in [1.54, 1.807) is 12.1 Å². The smallest absolute Gasteiger partial charge is 0.347 e. The summed E-state index contributed by atoms with van der Waals surface area (Å²) in [6.45, 7) is 10.6. The van der Waals surface area contributed by atoms with Gasteiger partial charge in [0.15, 0.2) is 5.60 Å². The molecule has 0 aliphatic heterocycles. The lowest BCUT2D eigenvalue weighted by molar-refractivity contribution is -0.152. The molecule has 1 N–H and O–H groups in total. The van der Waals surface area contributed by atoms with Gasteiger partial charge in [-0.3, -0.25) is 4.79 Å². The van der Waals surface area contributed by atoms with E-state index in [0.717, 1.165) is 28.0 Å². The number of carboxylic acids is 1. The zero-order valence-electron chi connectivity index (χ0n) is 17.8. The Balaban J connectivity index is 2.00. The number of hydrogen-bond acceptors (Lipinski definition) is 5. The van der Waals surface area contributed by atoms with Crippen LogP contribution in [0, 0.1) is 20.8 Å². The van der Waals surface area contributed by atoms with Crippen molar-refractivity contribution in [1.29, 1.82) is 0 Å². The molecule has 6 heteroatoms. The van der Waals surface area contributed by atoms with E-state index in [2.05, 4.69) is 0 Å². The van der Waals surface area contributed by atoms with E-state index in [9.17, 15) is 9.59 Å². The fourth-order valence-corrected chi connectivity index (χ4v) is 2.81. The topological polar surface area (TPSA) is 82.1 Å². The Labute approximate surface area is 171 Å². The number of aliphatic carboxylic acids is 1. The van der Waals surface area contributed by atoms with Crippen LogP contribution in [-0.2, 0) is 16.0 Å². The normalized spacial score (nSPS) is 11.1. The average molecular weight is 400 g/mol. The highest BCUT2D eigenvalue weighted by Crippen LogP contribution is 2.33. The number of carbonyl (C=O) groups excluding carboxylic acids is 1. The number of carboxylic acid groups (broad SMARTS) is 1. The van der Waals surface area contributed by atoms with Gasteiger partial charge in [-0.25, -0.2) is 4.79 Å². The molecule has 2 rings (SSSR count). The van der Waals surface area contributed by atoms with Crippen molar-refractivity contribution >= 4 is 11.9 Å². The van der Waals surface area contributed by atoms with Crippen molar-refractivity contribution < 1.29 is 28.9 Å². The average Bonchev–Trinajstić information content (AvgIpc) is 2.63. The fourth-order valence-electron chi connectivity index (χ4n) is 2.81. The highest BCUT2D eigenvalue weighted by atomic mass is 16.5. The quantitative estimate of drug-likeness (QED) is 0.522. The van der Waals surface area contributed by atoms with Crippen LogP contribution in [0.5, 0.6) is 17.2 Å². The third kappa shape index (κ3) is 5.73. The summed E-state index contributed by atoms with van der Waals surface area (Å²) in [5, 5.41) is 9.14. The Bertz CT molecular complexity index is 897. The van der Waals surface area contributed by atoms with E-state index < -0.39 is 11.6 Å². The van der Waals surface area contributed by atoms with Gasteiger partial charge < -0.3 is 19.3 Å². The predicted octanol–water partition coefficient (Wildman–Crippen LogP) is 4.40. The largest absolute Gasteiger partial charge is 0.493 e. The van der Waals surface area contributed by atoms with Crippen LogP contribution >= 0.6 is 0 Å². The molecular weight excluding hydrogens is 372 g/mol. The second kappa shape index (κ2) is 8.99. The summed E-state index contributed by atoms with van der Waals surface area (Å²) in [6, 6.07) is 9.18. The van der Waals surface area contributed by atoms with Gasteiger partial charge in [0.1, 0.15) is 17.2 Å². The van der Waals surface area contributed by atoms with Crippen LogP contribution in [-0.4, -0.2) is 29.3 Å². The molecule has 2 aromatic rings. The number of esters is 1. The second-order valence-corrected chi connectivity index (χ2v) is 7.52. The van der Waals surface area contributed by atoms with Gasteiger partial charge in [0.25, 0.3) is 0 Å². The van der Waals surface area contributed by atoms with Gasteiger partial charge in [-0.2, -0.15) is 0 Å². The zero-order chi connectivity index (χ0) is 21.8. The van der Waals surface area contributed by atoms with Crippen molar-refractivity contribution in [3.05, 3.63) is 52.6 Å². The van der Waals surface area contributed by atoms with Crippen molar-refractivity contribution in [3.8, 4) is 17.2 Å². The maximum absolute atomic E-state index is 11.3. The summed E-state index contributed by atoms with van der Waals surface area (Å²) in [5.41, 5.74) is 2.44. The molecule has 0 spiro atoms. The van der Waals surface area contributed by atoms with Crippen LogP contribution in [0.4, 0.5) is 0 Å². The summed E-state index contributed by atoms with van der Waals surface area (Å²) in [7, 11) is 0. The van der Waals surface area contributed by atoms with Gasteiger partial charge in [0.2, 0.25) is 0 Å². The standard InChI is InChI=1S/C23H28O6/c1-14-13-20(15(2)16(3)21(14)28-17(4)24)27-12-11-18-7-9-19(10-8-18)29-23(5,6)22(25)26/h7-10,13H,11-12H2,1-6H3,(H,25,26). The Hall–Kier alpha value is -3.02. The first kappa shape index (κ1) is 22.3. The van der Waals surface area contributed by atoms with Crippen molar-refractivity contribution in [2.24, 2.45) is 0 Å². The molecule has 156 valence electrons. The molecule has 29 heavy (non-hydrogen) atoms. The number of rotatable bonds is 8. The number of ether oxygens (including phenoxy) is 3. The molecule has 0 atom stereocenters. The van der Waals surface area contributed by atoms with Crippen molar-refractivity contribution in [1.82, 2.24) is 0 Å². The number of aryl methyl sites for hydroxylation is 1. The van der Waals surface area contributed by atoms with E-state index >= 15 is 0 Å². The molecule has 0 aliphatic rings. The first-order valence-electron chi connectivity index (χ1n) is 9.44. The van der Waals surface area contributed by atoms with E-state index in [0.29, 0.717) is 24.5 Å². The molecule has 0 aliphatic carbocycles. The minimum Gasteiger partial charge on any atom is -0.493 e. The monoisotopic (exact) mass is 400 g/mol. The molecule has 0 radical (unpaired) electrons. The van der Waals surface area contributed by atoms with Crippen molar-refractivity contribution in [2.45, 2.75) is 53.6 Å². The first-order valence-corrected chi connectivity index (χ1v) is 9.44. The molecule has 0 saturated heterocycles. The van der Waals surface area contributed by atoms with Crippen LogP contribution in [0.1, 0.15) is 43.0 Å². The Morgan fingerprint density at radius 2 is 1.66 bits per heavy atom. The summed E-state index contributed by atoms with van der Waals surface area (Å²) in [6.07, 6.45) is 0.686. The van der Waals surface area contributed by atoms with Gasteiger partial charge in [-0.15, -0.1) is 0 Å². The summed E-state index contributed by atoms with van der Waals surface area (Å²) >= 11 is 0. The summed E-state index contributed by atoms with van der Waals surface area (Å²) in [4.78, 5) is 22.4. The van der Waals surface area contributed by atoms with Gasteiger partial charge in [-0.05, 0) is 75.1 Å². The SMILES string of the molecule is CC(=O)Oc1c(C)cc(OCCc2ccc(OC(C)(C)C(=O)O)cc2)c(C)c1C. The minimum atomic E-state index is -1.28. The van der Waals surface area contributed by atoms with Crippen LogP contribution in [0.25, 0.3) is 0 Å². The van der Waals surface area contributed by atoms with E-state index in [-0.39, 0.29) is 5.97 Å². The highest BCUT2D eigenvalue weighted by Gasteiger charge is 2.29. The van der Waals surface area contributed by atoms with Crippen molar-refractivity contribution in [2.75, 3.05) is 6.61 Å². The van der Waals surface area contributed by atoms with E-state index in [4.69, 9.17) is 19.3 Å². The minimum absolute atomic E-state index is 0.344. The molecule has 0 saturated carbocycles. The third-order valence-electron chi connectivity index (χ3n) is 4.68. The molecule has 2 aromatic carbocycles. The lowest BCUT2D eigenvalue weighted by atomic mass is 10.0. The zero-order valence-corrected chi connectivity index (χ0v) is 17.8. The fraction of sp³-hybridized carbons (Fsp3) is 0.391. The van der Waals surface area contributed by atoms with Crippen LogP contribution in [0.3, 0.4) is 0 Å². The van der Waals surface area contributed by atoms with Gasteiger partial charge in [0, 0.05) is 13.3 Å². The number of hydrogen-bond donors (Lipinski definition) is 1. The molecule has 0 amide bonds. The van der Waals surface area contributed by atoms with E-state index in [1.807, 2.05) is 39.0 Å². The van der Waals surface area contributed by atoms with Crippen LogP contribution in [0.2, 0.25) is 0 Å². The van der Waals surface area contributed by atoms with Gasteiger partial charge in [-0.1, -0.05) is 12.1 Å². The number of benzene rings is 2. The second-order valence-electron chi connectivity index (χ2n) is 7.52. The van der Waals surface area contributed by atoms with Gasteiger partial charge >= 0.3 is 11.9 Å². The lowest BCUT2D eigenvalue weighted by Crippen LogP contribution is -2.37. The number of carbonyl (C=O) groups is 2. The van der Waals surface area contributed by atoms with Crippen molar-refractivity contribution in [3.63, 3.8) is 0 Å².